The fourth-order valence-corrected chi connectivity index (χ4v) is 7.84. The average molecular weight is 747 g/mol. The van der Waals surface area contributed by atoms with Crippen molar-refractivity contribution in [2.24, 2.45) is 17.3 Å². The average Bonchev–Trinajstić information content (AvgIpc) is 3.64. The van der Waals surface area contributed by atoms with Crippen LogP contribution in [0.2, 0.25) is 0 Å². The molecule has 1 saturated heterocycles. The normalized spacial score (nSPS) is 28.4. The quantitative estimate of drug-likeness (QED) is 0.313. The molecule has 2 aromatic rings. The number of nitrogens with one attached hydrogen (secondary N) is 1. The zero-order valence-electron chi connectivity index (χ0n) is 32.0. The Morgan fingerprint density at radius 1 is 1.04 bits per heavy atom. The number of rotatable bonds is 3. The largest absolute Gasteiger partial charge is 0.497 e. The molecule has 3 aliphatic rings. The summed E-state index contributed by atoms with van der Waals surface area (Å²) in [5.74, 6) is -2.10. The second-order valence-electron chi connectivity index (χ2n) is 16.5. The summed E-state index contributed by atoms with van der Waals surface area (Å²) in [5, 5.41) is 2.51. The second kappa shape index (κ2) is 15.3. The summed E-state index contributed by atoms with van der Waals surface area (Å²) < 4.78 is 68.0. The molecule has 1 saturated carbocycles. The lowest BCUT2D eigenvalue weighted by molar-refractivity contribution is -0.271. The molecule has 1 unspecified atom stereocenters. The molecule has 1 aromatic heterocycles. The smallest absolute Gasteiger partial charge is 0.428 e. The van der Waals surface area contributed by atoms with Crippen molar-refractivity contribution in [3.8, 4) is 11.6 Å². The standard InChI is InChI=1S/C39H53F3N4O7/c1-9-25-29-22-46(30(25)34(48)52-37(5,6)7)33(47)31(36(2,3)4)45-35(49)53-38(39(40,41)42)20-14-16-23(38)15-12-10-11-13-17-27-32(51-29)44-28-21-24(50-8)18-19-26(28)43-27/h13,17-19,21,23,25,29-31H,9-12,14-16,20,22H2,1-8H3,(H,45,49)/b17-13+/t23-,25-,29+,30+,31-,38?/m1/s1. The highest BCUT2D eigenvalue weighted by molar-refractivity contribution is 5.91. The summed E-state index contributed by atoms with van der Waals surface area (Å²) in [5.41, 5.74) is -3.06. The minimum Gasteiger partial charge on any atom is -0.497 e. The third-order valence-corrected chi connectivity index (χ3v) is 10.5. The van der Waals surface area contributed by atoms with E-state index in [4.69, 9.17) is 28.9 Å². The number of ether oxygens (including phenoxy) is 4. The van der Waals surface area contributed by atoms with Crippen molar-refractivity contribution in [3.05, 3.63) is 30.0 Å². The highest BCUT2D eigenvalue weighted by Gasteiger charge is 2.64. The molecule has 5 rings (SSSR count). The molecule has 1 aromatic carbocycles. The van der Waals surface area contributed by atoms with Crippen molar-refractivity contribution in [1.29, 1.82) is 0 Å². The van der Waals surface area contributed by atoms with E-state index in [0.717, 1.165) is 0 Å². The van der Waals surface area contributed by atoms with Crippen LogP contribution in [0.1, 0.15) is 106 Å². The highest BCUT2D eigenvalue weighted by Crippen LogP contribution is 2.51. The number of aromatic nitrogens is 2. The van der Waals surface area contributed by atoms with E-state index in [1.165, 1.54) is 4.90 Å². The van der Waals surface area contributed by atoms with E-state index in [9.17, 15) is 27.6 Å². The van der Waals surface area contributed by atoms with Crippen LogP contribution in [-0.4, -0.2) is 82.1 Å². The third-order valence-electron chi connectivity index (χ3n) is 10.5. The zero-order valence-corrected chi connectivity index (χ0v) is 32.0. The number of alkyl carbamates (subject to hydrolysis) is 1. The zero-order chi connectivity index (χ0) is 38.9. The molecule has 2 aliphatic heterocycles. The van der Waals surface area contributed by atoms with Crippen LogP contribution in [0.4, 0.5) is 18.0 Å². The second-order valence-corrected chi connectivity index (χ2v) is 16.5. The number of halogens is 3. The van der Waals surface area contributed by atoms with Gasteiger partial charge in [0.2, 0.25) is 17.4 Å². The lowest BCUT2D eigenvalue weighted by Gasteiger charge is -2.39. The third kappa shape index (κ3) is 8.67. The molecule has 1 aliphatic carbocycles. The van der Waals surface area contributed by atoms with Gasteiger partial charge < -0.3 is 29.2 Å². The van der Waals surface area contributed by atoms with Gasteiger partial charge in [0, 0.05) is 17.9 Å². The Bertz CT molecular complexity index is 1700. The Balaban J connectivity index is 1.63. The van der Waals surface area contributed by atoms with Gasteiger partial charge >= 0.3 is 18.2 Å². The lowest BCUT2D eigenvalue weighted by atomic mass is 9.85. The molecule has 53 heavy (non-hydrogen) atoms. The van der Waals surface area contributed by atoms with Crippen molar-refractivity contribution < 1.29 is 46.5 Å². The first-order valence-corrected chi connectivity index (χ1v) is 18.6. The highest BCUT2D eigenvalue weighted by atomic mass is 19.4. The van der Waals surface area contributed by atoms with Gasteiger partial charge in [0.05, 0.1) is 24.7 Å². The van der Waals surface area contributed by atoms with Crippen molar-refractivity contribution in [3.63, 3.8) is 0 Å². The van der Waals surface area contributed by atoms with E-state index >= 15 is 0 Å². The Morgan fingerprint density at radius 3 is 2.40 bits per heavy atom. The molecular weight excluding hydrogens is 693 g/mol. The number of nitrogens with zero attached hydrogens (tertiary/aromatic N) is 3. The SMILES string of the molecule is CC[C@@H]1[C@@H]2CN(C(=O)[C@H](C(C)(C)C)NC(=O)OC3(C(F)(F)F)CCC[C@H]3CCCC/C=C/c3nc4ccc(OC)cc4nc3O2)[C@@H]1C(=O)OC(C)(C)C. The maximum Gasteiger partial charge on any atom is 0.428 e. The molecule has 3 heterocycles. The molecule has 2 amide bonds. The number of esters is 1. The predicted octanol–water partition coefficient (Wildman–Crippen LogP) is 7.79. The van der Waals surface area contributed by atoms with Crippen LogP contribution in [0.25, 0.3) is 17.1 Å². The molecule has 0 radical (unpaired) electrons. The minimum atomic E-state index is -4.82. The van der Waals surface area contributed by atoms with Crippen LogP contribution < -0.4 is 14.8 Å². The number of alkyl halides is 3. The Kier molecular flexibility index (Phi) is 11.6. The molecule has 1 N–H and O–H groups in total. The first-order valence-electron chi connectivity index (χ1n) is 18.6. The van der Waals surface area contributed by atoms with Crippen LogP contribution in [0.5, 0.6) is 11.6 Å². The van der Waals surface area contributed by atoms with Crippen LogP contribution in [0.15, 0.2) is 24.3 Å². The van der Waals surface area contributed by atoms with Gasteiger partial charge in [0.1, 0.15) is 35.2 Å². The first-order chi connectivity index (χ1) is 24.8. The van der Waals surface area contributed by atoms with Crippen molar-refractivity contribution in [2.45, 2.75) is 135 Å². The molecule has 2 fully saturated rings. The van der Waals surface area contributed by atoms with Gasteiger partial charge in [0.15, 0.2) is 0 Å². The number of hydrogen-bond acceptors (Lipinski definition) is 9. The number of hydrogen-bond donors (Lipinski definition) is 1. The molecule has 6 atom stereocenters. The summed E-state index contributed by atoms with van der Waals surface area (Å²) in [6.45, 7) is 12.0. The summed E-state index contributed by atoms with van der Waals surface area (Å²) >= 11 is 0. The minimum absolute atomic E-state index is 0.0971. The number of carbonyl (C=O) groups is 3. The fraction of sp³-hybridized carbons (Fsp3) is 0.667. The molecule has 292 valence electrons. The van der Waals surface area contributed by atoms with E-state index in [0.29, 0.717) is 48.2 Å². The van der Waals surface area contributed by atoms with Gasteiger partial charge in [-0.2, -0.15) is 13.2 Å². The van der Waals surface area contributed by atoms with E-state index in [1.54, 1.807) is 72.9 Å². The molecule has 14 heteroatoms. The summed E-state index contributed by atoms with van der Waals surface area (Å²) in [7, 11) is 1.55. The molecule has 11 nitrogen and oxygen atoms in total. The molecule has 2 bridgehead atoms. The topological polar surface area (TPSA) is 129 Å². The van der Waals surface area contributed by atoms with Gasteiger partial charge in [-0.25, -0.2) is 19.6 Å². The predicted molar refractivity (Wildman–Crippen MR) is 192 cm³/mol. The summed E-state index contributed by atoms with van der Waals surface area (Å²) in [6.07, 6.45) is -0.892. The monoisotopic (exact) mass is 746 g/mol. The van der Waals surface area contributed by atoms with Gasteiger partial charge in [0.25, 0.3) is 0 Å². The fourth-order valence-electron chi connectivity index (χ4n) is 7.84. The molecular formula is C39H53F3N4O7. The number of benzene rings is 1. The van der Waals surface area contributed by atoms with Gasteiger partial charge in [-0.3, -0.25) is 4.79 Å². The lowest BCUT2D eigenvalue weighted by Crippen LogP contribution is -2.60. The number of allylic oxidation sites excluding steroid dienone is 1. The van der Waals surface area contributed by atoms with Gasteiger partial charge in [-0.1, -0.05) is 40.2 Å². The van der Waals surface area contributed by atoms with Crippen molar-refractivity contribution >= 4 is 35.1 Å². The maximum atomic E-state index is 14.9. The van der Waals surface area contributed by atoms with Gasteiger partial charge in [-0.15, -0.1) is 0 Å². The maximum absolute atomic E-state index is 14.9. The van der Waals surface area contributed by atoms with Crippen molar-refractivity contribution in [2.75, 3.05) is 13.7 Å². The summed E-state index contributed by atoms with van der Waals surface area (Å²) in [6, 6.07) is 2.78. The van der Waals surface area contributed by atoms with Gasteiger partial charge in [-0.05, 0) is 89.3 Å². The van der Waals surface area contributed by atoms with E-state index in [-0.39, 0.29) is 38.1 Å². The van der Waals surface area contributed by atoms with E-state index in [1.807, 2.05) is 13.0 Å². The Hall–Kier alpha value is -4.10. The summed E-state index contributed by atoms with van der Waals surface area (Å²) in [4.78, 5) is 53.2. The van der Waals surface area contributed by atoms with Crippen molar-refractivity contribution in [1.82, 2.24) is 20.2 Å². The van der Waals surface area contributed by atoms with Crippen LogP contribution in [0, 0.1) is 17.3 Å². The number of amides is 2. The van der Waals surface area contributed by atoms with E-state index < -0.39 is 70.8 Å². The number of fused-ring (bicyclic) bond motifs is 5. The van der Waals surface area contributed by atoms with Crippen LogP contribution in [-0.2, 0) is 19.1 Å². The number of carbonyl (C=O) groups excluding carboxylic acids is 3. The van der Waals surface area contributed by atoms with Crippen LogP contribution >= 0.6 is 0 Å². The van der Waals surface area contributed by atoms with Crippen LogP contribution in [0.3, 0.4) is 0 Å². The van der Waals surface area contributed by atoms with E-state index in [2.05, 4.69) is 5.32 Å². The number of methoxy groups -OCH3 is 1. The molecule has 0 spiro atoms. The first kappa shape index (κ1) is 40.1. The Morgan fingerprint density at radius 2 is 1.75 bits per heavy atom. The Labute approximate surface area is 309 Å².